The Morgan fingerprint density at radius 3 is 2.76 bits per heavy atom. The van der Waals surface area contributed by atoms with Gasteiger partial charge in [-0.25, -0.2) is 19.7 Å². The minimum Gasteiger partial charge on any atom is -0.465 e. The van der Waals surface area contributed by atoms with Crippen molar-refractivity contribution in [2.45, 2.75) is 25.8 Å². The summed E-state index contributed by atoms with van der Waals surface area (Å²) in [7, 11) is 1.43. The number of hydrogen-bond acceptors (Lipinski definition) is 8. The van der Waals surface area contributed by atoms with Gasteiger partial charge in [-0.1, -0.05) is 11.6 Å². The van der Waals surface area contributed by atoms with Crippen molar-refractivity contribution in [2.75, 3.05) is 11.9 Å². The maximum Gasteiger partial charge on any atom is 0.412 e. The van der Waals surface area contributed by atoms with Crippen molar-refractivity contribution in [1.82, 2.24) is 44.7 Å². The highest BCUT2D eigenvalue weighted by molar-refractivity contribution is 5.84. The highest BCUT2D eigenvalue weighted by atomic mass is 16.4. The van der Waals surface area contributed by atoms with Crippen molar-refractivity contribution < 1.29 is 9.90 Å². The van der Waals surface area contributed by atoms with Crippen molar-refractivity contribution >= 4 is 11.9 Å². The standard InChI is InChI=1S/C25H22N10O3/c1-14-3-5-19(34-13-28-31-32-34)16(9-14)17-10-23(36)35-20(6-8-22(35)29-17)24-27-12-18(30-24)15-4-7-21(26-11-15)33(2)25(37)38/h3-5,7,9-13,20H,6,8H2,1-2H3,(H,27,30)(H,37,38)/t20-/m0/s1. The molecule has 190 valence electrons. The summed E-state index contributed by atoms with van der Waals surface area (Å²) >= 11 is 0. The SMILES string of the molecule is Cc1ccc(-n2cnnn2)c(-c2cc(=O)n3c(n2)CC[C@H]3c2ncc(-c3ccc(N(C)C(=O)O)nc3)[nH]2)c1. The van der Waals surface area contributed by atoms with Crippen molar-refractivity contribution in [3.63, 3.8) is 0 Å². The molecule has 13 heteroatoms. The zero-order valence-electron chi connectivity index (χ0n) is 20.5. The molecular weight excluding hydrogens is 488 g/mol. The summed E-state index contributed by atoms with van der Waals surface area (Å²) in [5.41, 5.74) is 4.39. The third kappa shape index (κ3) is 3.99. The number of nitrogens with zero attached hydrogens (tertiary/aromatic N) is 9. The number of aryl methyl sites for hydroxylation is 2. The predicted molar refractivity (Wildman–Crippen MR) is 136 cm³/mol. The number of nitrogens with one attached hydrogen (secondary N) is 1. The molecule has 1 atom stereocenters. The van der Waals surface area contributed by atoms with E-state index in [1.165, 1.54) is 19.4 Å². The summed E-state index contributed by atoms with van der Waals surface area (Å²) in [6.07, 6.45) is 4.97. The average molecular weight is 511 g/mol. The van der Waals surface area contributed by atoms with Crippen molar-refractivity contribution in [1.29, 1.82) is 0 Å². The number of anilines is 1. The number of H-pyrrole nitrogens is 1. The largest absolute Gasteiger partial charge is 0.465 e. The highest BCUT2D eigenvalue weighted by Gasteiger charge is 2.29. The first-order valence-corrected chi connectivity index (χ1v) is 11.8. The first kappa shape index (κ1) is 23.2. The number of amides is 1. The topological polar surface area (TPSA) is 161 Å². The summed E-state index contributed by atoms with van der Waals surface area (Å²) in [4.78, 5) is 42.5. The Hall–Kier alpha value is -5.20. The first-order valence-electron chi connectivity index (χ1n) is 11.8. The Morgan fingerprint density at radius 1 is 1.16 bits per heavy atom. The van der Waals surface area contributed by atoms with E-state index < -0.39 is 6.09 Å². The fourth-order valence-corrected chi connectivity index (χ4v) is 4.66. The molecule has 5 aromatic rings. The van der Waals surface area contributed by atoms with Crippen LogP contribution in [0.5, 0.6) is 0 Å². The highest BCUT2D eigenvalue weighted by Crippen LogP contribution is 2.32. The van der Waals surface area contributed by atoms with Crippen LogP contribution in [0.1, 0.15) is 29.7 Å². The third-order valence-corrected chi connectivity index (χ3v) is 6.60. The number of pyridine rings is 1. The summed E-state index contributed by atoms with van der Waals surface area (Å²) in [6, 6.07) is 10.5. The van der Waals surface area contributed by atoms with Gasteiger partial charge in [0.1, 0.15) is 23.8 Å². The zero-order valence-corrected chi connectivity index (χ0v) is 20.5. The molecule has 1 aromatic carbocycles. The zero-order chi connectivity index (χ0) is 26.4. The number of imidazole rings is 1. The number of tetrazole rings is 1. The van der Waals surface area contributed by atoms with E-state index in [9.17, 15) is 9.59 Å². The van der Waals surface area contributed by atoms with Crippen LogP contribution in [0.4, 0.5) is 10.6 Å². The van der Waals surface area contributed by atoms with Crippen LogP contribution in [-0.2, 0) is 6.42 Å². The van der Waals surface area contributed by atoms with Crippen molar-refractivity contribution in [2.24, 2.45) is 0 Å². The van der Waals surface area contributed by atoms with Gasteiger partial charge in [-0.2, -0.15) is 4.68 Å². The van der Waals surface area contributed by atoms with Gasteiger partial charge in [-0.3, -0.25) is 14.3 Å². The minimum absolute atomic E-state index is 0.169. The molecule has 1 aliphatic rings. The average Bonchev–Trinajstić information content (AvgIpc) is 3.69. The lowest BCUT2D eigenvalue weighted by molar-refractivity contribution is 0.203. The molecule has 0 radical (unpaired) electrons. The van der Waals surface area contributed by atoms with Crippen molar-refractivity contribution in [3.8, 4) is 28.2 Å². The number of carboxylic acid groups (broad SMARTS) is 1. The Morgan fingerprint density at radius 2 is 2.03 bits per heavy atom. The van der Waals surface area contributed by atoms with Crippen LogP contribution in [0.2, 0.25) is 0 Å². The molecule has 5 heterocycles. The van der Waals surface area contributed by atoms with Crippen LogP contribution in [-0.4, -0.2) is 63.0 Å². The molecule has 0 spiro atoms. The van der Waals surface area contributed by atoms with Gasteiger partial charge in [0.15, 0.2) is 0 Å². The van der Waals surface area contributed by atoms with Gasteiger partial charge in [-0.15, -0.1) is 5.10 Å². The molecule has 4 aromatic heterocycles. The molecule has 0 bridgehead atoms. The maximum atomic E-state index is 13.4. The third-order valence-electron chi connectivity index (χ3n) is 6.60. The molecule has 1 amide bonds. The van der Waals surface area contributed by atoms with Crippen LogP contribution >= 0.6 is 0 Å². The number of aromatic amines is 1. The van der Waals surface area contributed by atoms with E-state index in [4.69, 9.17) is 10.1 Å². The Kier molecular flexibility index (Phi) is 5.52. The molecule has 6 rings (SSSR count). The normalized spacial score (nSPS) is 14.4. The number of benzene rings is 1. The molecule has 1 aliphatic heterocycles. The molecule has 13 nitrogen and oxygen atoms in total. The molecule has 0 saturated heterocycles. The number of carbonyl (C=O) groups is 1. The smallest absolute Gasteiger partial charge is 0.412 e. The van der Waals surface area contributed by atoms with Crippen LogP contribution in [0.15, 0.2) is 59.9 Å². The molecule has 0 unspecified atom stereocenters. The molecule has 0 saturated carbocycles. The molecular formula is C25H22N10O3. The second-order valence-corrected chi connectivity index (χ2v) is 9.02. The number of aromatic nitrogens is 9. The van der Waals surface area contributed by atoms with Gasteiger partial charge in [0, 0.05) is 36.9 Å². The number of rotatable bonds is 5. The lowest BCUT2D eigenvalue weighted by atomic mass is 10.1. The van der Waals surface area contributed by atoms with Crippen LogP contribution in [0.25, 0.3) is 28.2 Å². The summed E-state index contributed by atoms with van der Waals surface area (Å²) < 4.78 is 3.23. The molecule has 0 fully saturated rings. The summed E-state index contributed by atoms with van der Waals surface area (Å²) in [5, 5.41) is 20.6. The van der Waals surface area contributed by atoms with E-state index in [1.54, 1.807) is 33.8 Å². The predicted octanol–water partition coefficient (Wildman–Crippen LogP) is 2.63. The Bertz CT molecular complexity index is 1710. The van der Waals surface area contributed by atoms with E-state index in [2.05, 4.69) is 30.5 Å². The van der Waals surface area contributed by atoms with E-state index >= 15 is 0 Å². The minimum atomic E-state index is -1.09. The fourth-order valence-electron chi connectivity index (χ4n) is 4.66. The number of hydrogen-bond donors (Lipinski definition) is 2. The van der Waals surface area contributed by atoms with E-state index in [1.807, 2.05) is 25.1 Å². The Labute approximate surface area is 215 Å². The van der Waals surface area contributed by atoms with Gasteiger partial charge in [-0.05, 0) is 48.0 Å². The lowest BCUT2D eigenvalue weighted by Crippen LogP contribution is -2.25. The van der Waals surface area contributed by atoms with Crippen LogP contribution in [0.3, 0.4) is 0 Å². The monoisotopic (exact) mass is 510 g/mol. The second-order valence-electron chi connectivity index (χ2n) is 9.02. The van der Waals surface area contributed by atoms with Gasteiger partial charge >= 0.3 is 6.09 Å². The Balaban J connectivity index is 1.32. The van der Waals surface area contributed by atoms with Gasteiger partial charge in [0.2, 0.25) is 0 Å². The molecule has 38 heavy (non-hydrogen) atoms. The van der Waals surface area contributed by atoms with E-state index in [0.717, 1.165) is 27.3 Å². The quantitative estimate of drug-likeness (QED) is 0.362. The molecule has 0 aliphatic carbocycles. The summed E-state index contributed by atoms with van der Waals surface area (Å²) in [6.45, 7) is 1.98. The molecule has 2 N–H and O–H groups in total. The lowest BCUT2D eigenvalue weighted by Gasteiger charge is -2.14. The maximum absolute atomic E-state index is 13.4. The van der Waals surface area contributed by atoms with Crippen LogP contribution < -0.4 is 10.5 Å². The van der Waals surface area contributed by atoms with Crippen molar-refractivity contribution in [3.05, 3.63) is 82.7 Å². The van der Waals surface area contributed by atoms with Gasteiger partial charge in [0.05, 0.1) is 29.3 Å². The van der Waals surface area contributed by atoms with E-state index in [0.29, 0.717) is 41.7 Å². The van der Waals surface area contributed by atoms with Gasteiger partial charge in [0.25, 0.3) is 5.56 Å². The fraction of sp³-hybridized carbons (Fsp3) is 0.200. The first-order chi connectivity index (χ1) is 18.4. The second kappa shape index (κ2) is 9.03. The van der Waals surface area contributed by atoms with E-state index in [-0.39, 0.29) is 11.6 Å². The van der Waals surface area contributed by atoms with Crippen LogP contribution in [0, 0.1) is 6.92 Å². The number of fused-ring (bicyclic) bond motifs is 1. The van der Waals surface area contributed by atoms with Gasteiger partial charge < -0.3 is 10.1 Å². The summed E-state index contributed by atoms with van der Waals surface area (Å²) in [5.74, 6) is 1.64.